The van der Waals surface area contributed by atoms with E-state index >= 15 is 0 Å². The van der Waals surface area contributed by atoms with E-state index in [-0.39, 0.29) is 5.56 Å². The van der Waals surface area contributed by atoms with Crippen LogP contribution in [0.1, 0.15) is 24.5 Å². The third kappa shape index (κ3) is 3.61. The third-order valence-electron chi connectivity index (χ3n) is 4.48. The summed E-state index contributed by atoms with van der Waals surface area (Å²) in [5.74, 6) is 2.13. The van der Waals surface area contributed by atoms with Crippen molar-refractivity contribution in [2.24, 2.45) is 0 Å². The molecular weight excluding hydrogens is 352 g/mol. The number of rotatable bonds is 6. The van der Waals surface area contributed by atoms with Gasteiger partial charge in [0.25, 0.3) is 5.56 Å². The van der Waals surface area contributed by atoms with Gasteiger partial charge in [-0.15, -0.1) is 0 Å². The number of hydrogen-bond donors (Lipinski definition) is 2. The molecule has 1 aliphatic rings. The Morgan fingerprint density at radius 3 is 2.69 bits per heavy atom. The lowest BCUT2D eigenvalue weighted by Gasteiger charge is -2.30. The first-order valence-corrected chi connectivity index (χ1v) is 9.01. The van der Waals surface area contributed by atoms with E-state index in [1.54, 1.807) is 14.2 Å². The molecule has 0 bridgehead atoms. The Labute approximate surface area is 157 Å². The van der Waals surface area contributed by atoms with Gasteiger partial charge in [-0.25, -0.2) is 0 Å². The summed E-state index contributed by atoms with van der Waals surface area (Å²) in [6.07, 6.45) is 1.04. The molecule has 0 amide bonds. The molecule has 0 unspecified atom stereocenters. The highest BCUT2D eigenvalue weighted by atomic mass is 32.1. The van der Waals surface area contributed by atoms with Crippen molar-refractivity contribution < 1.29 is 9.47 Å². The van der Waals surface area contributed by atoms with Crippen LogP contribution in [0.4, 0.5) is 5.82 Å². The Morgan fingerprint density at radius 1 is 1.23 bits per heavy atom. The Balaban J connectivity index is 1.98. The summed E-state index contributed by atoms with van der Waals surface area (Å²) in [6.45, 7) is 4.91. The number of fused-ring (bicyclic) bond motifs is 1. The van der Waals surface area contributed by atoms with Crippen LogP contribution < -0.4 is 20.3 Å². The molecule has 7 nitrogen and oxygen atoms in total. The lowest BCUT2D eigenvalue weighted by Crippen LogP contribution is -2.39. The highest BCUT2D eigenvalue weighted by Gasteiger charge is 2.21. The summed E-state index contributed by atoms with van der Waals surface area (Å²) in [7, 11) is 3.22. The molecular formula is C18H24N4O3S. The molecule has 1 aliphatic heterocycles. The zero-order chi connectivity index (χ0) is 18.7. The Kier molecular flexibility index (Phi) is 5.63. The maximum atomic E-state index is 12.4. The van der Waals surface area contributed by atoms with Gasteiger partial charge < -0.3 is 19.4 Å². The number of H-pyrrole nitrogens is 1. The second-order valence-corrected chi connectivity index (χ2v) is 6.64. The van der Waals surface area contributed by atoms with E-state index in [9.17, 15) is 4.79 Å². The fourth-order valence-corrected chi connectivity index (χ4v) is 3.46. The predicted octanol–water partition coefficient (Wildman–Crippen LogP) is 2.57. The standard InChI is InChI=1S/C18H24N4O3S/c1-4-7-21-10-13-16(19-11-21)22(18(26)20-17(13)23)9-12-5-6-14(24-2)15(8-12)25-3/h5-6,8,19H,4,7,9-11H2,1-3H3,(H,20,23,26). The van der Waals surface area contributed by atoms with Gasteiger partial charge in [-0.2, -0.15) is 0 Å². The summed E-state index contributed by atoms with van der Waals surface area (Å²) in [4.78, 5) is 17.4. The van der Waals surface area contributed by atoms with Crippen LogP contribution in [0.3, 0.4) is 0 Å². The molecule has 26 heavy (non-hydrogen) atoms. The summed E-state index contributed by atoms with van der Waals surface area (Å²) >= 11 is 5.41. The van der Waals surface area contributed by atoms with Crippen molar-refractivity contribution in [3.8, 4) is 11.5 Å². The highest BCUT2D eigenvalue weighted by molar-refractivity contribution is 7.71. The van der Waals surface area contributed by atoms with Crippen molar-refractivity contribution in [2.75, 3.05) is 32.7 Å². The molecule has 0 aliphatic carbocycles. The van der Waals surface area contributed by atoms with Gasteiger partial charge in [0.05, 0.1) is 33.0 Å². The molecule has 2 aromatic rings. The van der Waals surface area contributed by atoms with Gasteiger partial charge in [0.1, 0.15) is 5.82 Å². The van der Waals surface area contributed by atoms with Crippen LogP contribution in [0.2, 0.25) is 0 Å². The maximum Gasteiger partial charge on any atom is 0.258 e. The number of nitrogens with one attached hydrogen (secondary N) is 2. The van der Waals surface area contributed by atoms with Gasteiger partial charge in [0.15, 0.2) is 16.3 Å². The van der Waals surface area contributed by atoms with Crippen LogP contribution in [-0.4, -0.2) is 41.9 Å². The zero-order valence-corrected chi connectivity index (χ0v) is 16.1. The van der Waals surface area contributed by atoms with Crippen LogP contribution in [0, 0.1) is 4.77 Å². The van der Waals surface area contributed by atoms with Crippen LogP contribution in [0.25, 0.3) is 0 Å². The molecule has 0 saturated heterocycles. The summed E-state index contributed by atoms with van der Waals surface area (Å²) < 4.78 is 13.0. The Morgan fingerprint density at radius 2 is 2.00 bits per heavy atom. The smallest absolute Gasteiger partial charge is 0.258 e. The second kappa shape index (κ2) is 7.92. The van der Waals surface area contributed by atoms with Crippen molar-refractivity contribution in [1.82, 2.24) is 14.5 Å². The van der Waals surface area contributed by atoms with Gasteiger partial charge in [-0.3, -0.25) is 14.7 Å². The number of aromatic amines is 1. The molecule has 1 aromatic carbocycles. The Bertz CT molecular complexity index is 906. The van der Waals surface area contributed by atoms with Crippen LogP contribution in [-0.2, 0) is 13.1 Å². The number of benzene rings is 1. The minimum absolute atomic E-state index is 0.123. The van der Waals surface area contributed by atoms with E-state index in [1.165, 1.54) is 0 Å². The first-order valence-electron chi connectivity index (χ1n) is 8.60. The molecule has 0 spiro atoms. The van der Waals surface area contributed by atoms with Gasteiger partial charge in [-0.05, 0) is 42.9 Å². The minimum Gasteiger partial charge on any atom is -0.493 e. The zero-order valence-electron chi connectivity index (χ0n) is 15.3. The molecule has 3 rings (SSSR count). The summed E-state index contributed by atoms with van der Waals surface area (Å²) in [5.41, 5.74) is 1.60. The summed E-state index contributed by atoms with van der Waals surface area (Å²) in [6, 6.07) is 5.75. The lowest BCUT2D eigenvalue weighted by molar-refractivity contribution is 0.272. The fraction of sp³-hybridized carbons (Fsp3) is 0.444. The monoisotopic (exact) mass is 376 g/mol. The topological polar surface area (TPSA) is 71.5 Å². The minimum atomic E-state index is -0.123. The number of nitrogens with zero attached hydrogens (tertiary/aromatic N) is 2. The van der Waals surface area contributed by atoms with Crippen LogP contribution >= 0.6 is 12.2 Å². The molecule has 8 heteroatoms. The van der Waals surface area contributed by atoms with Crippen molar-refractivity contribution in [2.45, 2.75) is 26.4 Å². The molecule has 1 aromatic heterocycles. The SMILES string of the molecule is CCCN1CNc2c(c(=O)[nH]c(=S)n2Cc2ccc(OC)c(OC)c2)C1. The van der Waals surface area contributed by atoms with Gasteiger partial charge in [0, 0.05) is 6.54 Å². The molecule has 2 heterocycles. The van der Waals surface area contributed by atoms with Crippen LogP contribution in [0.15, 0.2) is 23.0 Å². The van der Waals surface area contributed by atoms with Crippen LogP contribution in [0.5, 0.6) is 11.5 Å². The molecule has 0 fully saturated rings. The average Bonchev–Trinajstić information content (AvgIpc) is 2.65. The number of hydrogen-bond acceptors (Lipinski definition) is 6. The van der Waals surface area contributed by atoms with E-state index in [4.69, 9.17) is 21.7 Å². The number of anilines is 1. The quantitative estimate of drug-likeness (QED) is 0.755. The molecule has 2 N–H and O–H groups in total. The first-order chi connectivity index (χ1) is 12.6. The number of methoxy groups -OCH3 is 2. The third-order valence-corrected chi connectivity index (χ3v) is 4.80. The van der Waals surface area contributed by atoms with Crippen molar-refractivity contribution in [1.29, 1.82) is 0 Å². The van der Waals surface area contributed by atoms with E-state index in [0.717, 1.165) is 29.9 Å². The number of ether oxygens (including phenoxy) is 2. The van der Waals surface area contributed by atoms with Gasteiger partial charge >= 0.3 is 0 Å². The van der Waals surface area contributed by atoms with Gasteiger partial charge in [0.2, 0.25) is 0 Å². The summed E-state index contributed by atoms with van der Waals surface area (Å²) in [5, 5.41) is 3.37. The van der Waals surface area contributed by atoms with Gasteiger partial charge in [-0.1, -0.05) is 13.0 Å². The molecule has 0 radical (unpaired) electrons. The van der Waals surface area contributed by atoms with Crippen molar-refractivity contribution in [3.05, 3.63) is 44.5 Å². The normalized spacial score (nSPS) is 13.8. The molecule has 0 atom stereocenters. The van der Waals surface area contributed by atoms with E-state index in [0.29, 0.717) is 36.0 Å². The largest absolute Gasteiger partial charge is 0.493 e. The van der Waals surface area contributed by atoms with Crippen molar-refractivity contribution in [3.63, 3.8) is 0 Å². The van der Waals surface area contributed by atoms with Crippen molar-refractivity contribution >= 4 is 18.0 Å². The molecule has 140 valence electrons. The lowest BCUT2D eigenvalue weighted by atomic mass is 10.1. The van der Waals surface area contributed by atoms with E-state index in [2.05, 4.69) is 22.1 Å². The van der Waals surface area contributed by atoms with E-state index < -0.39 is 0 Å². The second-order valence-electron chi connectivity index (χ2n) is 6.25. The number of aromatic nitrogens is 2. The average molecular weight is 376 g/mol. The molecule has 0 saturated carbocycles. The Hall–Kier alpha value is -2.32. The van der Waals surface area contributed by atoms with E-state index in [1.807, 2.05) is 22.8 Å². The maximum absolute atomic E-state index is 12.4. The highest BCUT2D eigenvalue weighted by Crippen LogP contribution is 2.28. The first kappa shape index (κ1) is 18.5. The predicted molar refractivity (Wildman–Crippen MR) is 104 cm³/mol. The fourth-order valence-electron chi connectivity index (χ4n) is 3.21.